The van der Waals surface area contributed by atoms with E-state index in [1.165, 1.54) is 16.4 Å². The second-order valence-electron chi connectivity index (χ2n) is 4.78. The van der Waals surface area contributed by atoms with Gasteiger partial charge in [0.1, 0.15) is 11.6 Å². The zero-order valence-corrected chi connectivity index (χ0v) is 12.2. The Labute approximate surface area is 122 Å². The fraction of sp³-hybridized carbons (Fsp3) is 0.200. The predicted molar refractivity (Wildman–Crippen MR) is 77.6 cm³/mol. The van der Waals surface area contributed by atoms with E-state index >= 15 is 0 Å². The molecule has 0 bridgehead atoms. The summed E-state index contributed by atoms with van der Waals surface area (Å²) in [4.78, 5) is 0.0903. The highest BCUT2D eigenvalue weighted by molar-refractivity contribution is 7.92. The van der Waals surface area contributed by atoms with Gasteiger partial charge in [-0.1, -0.05) is 0 Å². The van der Waals surface area contributed by atoms with Crippen molar-refractivity contribution in [2.45, 2.75) is 11.3 Å². The molecule has 0 saturated carbocycles. The molecule has 0 aromatic heterocycles. The lowest BCUT2D eigenvalue weighted by Gasteiger charge is -2.19. The highest BCUT2D eigenvalue weighted by Gasteiger charge is 2.30. The third-order valence-electron chi connectivity index (χ3n) is 3.54. The molecule has 2 aromatic rings. The smallest absolute Gasteiger partial charge is 0.264 e. The van der Waals surface area contributed by atoms with Gasteiger partial charge in [-0.2, -0.15) is 0 Å². The van der Waals surface area contributed by atoms with Gasteiger partial charge in [-0.15, -0.1) is 0 Å². The van der Waals surface area contributed by atoms with E-state index < -0.39 is 15.8 Å². The Balaban J connectivity index is 2.01. The van der Waals surface area contributed by atoms with Crippen LogP contribution in [0, 0.1) is 5.82 Å². The van der Waals surface area contributed by atoms with Crippen LogP contribution in [0.25, 0.3) is 0 Å². The molecule has 110 valence electrons. The lowest BCUT2D eigenvalue weighted by molar-refractivity contribution is 0.414. The molecule has 0 saturated heterocycles. The second kappa shape index (κ2) is 5.04. The molecule has 0 aliphatic carbocycles. The molecule has 1 aliphatic heterocycles. The van der Waals surface area contributed by atoms with Crippen molar-refractivity contribution in [1.82, 2.24) is 0 Å². The maximum Gasteiger partial charge on any atom is 0.264 e. The van der Waals surface area contributed by atoms with E-state index in [4.69, 9.17) is 4.74 Å². The third-order valence-corrected chi connectivity index (χ3v) is 5.37. The normalized spacial score (nSPS) is 14.1. The standard InChI is InChI=1S/C15H14FNO3S/c1-20-13-4-7-15-11(10-13)8-9-17(15)21(18,19)14-5-2-12(16)3-6-14/h2-7,10H,8-9H2,1H3. The van der Waals surface area contributed by atoms with Crippen molar-refractivity contribution in [3.8, 4) is 5.75 Å². The average molecular weight is 307 g/mol. The fourth-order valence-corrected chi connectivity index (χ4v) is 3.96. The molecule has 4 nitrogen and oxygen atoms in total. The first kappa shape index (κ1) is 13.9. The Hall–Kier alpha value is -2.08. The number of benzene rings is 2. The maximum atomic E-state index is 13.0. The molecule has 0 unspecified atom stereocenters. The molecule has 0 spiro atoms. The number of hydrogen-bond acceptors (Lipinski definition) is 3. The third kappa shape index (κ3) is 2.35. The van der Waals surface area contributed by atoms with E-state index in [9.17, 15) is 12.8 Å². The van der Waals surface area contributed by atoms with Crippen molar-refractivity contribution < 1.29 is 17.5 Å². The van der Waals surface area contributed by atoms with Crippen molar-refractivity contribution in [1.29, 1.82) is 0 Å². The Kier molecular flexibility index (Phi) is 3.33. The van der Waals surface area contributed by atoms with Crippen molar-refractivity contribution >= 4 is 15.7 Å². The number of halogens is 1. The van der Waals surface area contributed by atoms with Crippen LogP contribution < -0.4 is 9.04 Å². The zero-order valence-electron chi connectivity index (χ0n) is 11.4. The topological polar surface area (TPSA) is 46.6 Å². The first-order valence-electron chi connectivity index (χ1n) is 6.47. The summed E-state index contributed by atoms with van der Waals surface area (Å²) in [5.74, 6) is 0.246. The fourth-order valence-electron chi connectivity index (χ4n) is 2.46. The molecule has 0 radical (unpaired) electrons. The van der Waals surface area contributed by atoms with E-state index in [2.05, 4.69) is 0 Å². The van der Waals surface area contributed by atoms with Crippen molar-refractivity contribution in [3.63, 3.8) is 0 Å². The van der Waals surface area contributed by atoms with Crippen LogP contribution in [0.15, 0.2) is 47.4 Å². The number of fused-ring (bicyclic) bond motifs is 1. The zero-order chi connectivity index (χ0) is 15.0. The van der Waals surface area contributed by atoms with Crippen LogP contribution in [-0.2, 0) is 16.4 Å². The van der Waals surface area contributed by atoms with Gasteiger partial charge in [-0.3, -0.25) is 4.31 Å². The molecule has 1 heterocycles. The maximum absolute atomic E-state index is 13.0. The highest BCUT2D eigenvalue weighted by atomic mass is 32.2. The van der Waals surface area contributed by atoms with Gasteiger partial charge in [0.15, 0.2) is 0 Å². The van der Waals surface area contributed by atoms with E-state index in [1.54, 1.807) is 19.2 Å². The Bertz CT molecular complexity index is 772. The summed E-state index contributed by atoms with van der Waals surface area (Å²) in [6.07, 6.45) is 0.632. The molecule has 21 heavy (non-hydrogen) atoms. The van der Waals surface area contributed by atoms with Crippen molar-refractivity contribution in [2.75, 3.05) is 18.0 Å². The molecule has 0 amide bonds. The molecule has 0 fully saturated rings. The number of anilines is 1. The summed E-state index contributed by atoms with van der Waals surface area (Å²) in [6, 6.07) is 10.2. The molecule has 0 N–H and O–H groups in total. The molecular weight excluding hydrogens is 293 g/mol. The lowest BCUT2D eigenvalue weighted by atomic mass is 10.1. The number of nitrogens with zero attached hydrogens (tertiary/aromatic N) is 1. The highest BCUT2D eigenvalue weighted by Crippen LogP contribution is 2.35. The summed E-state index contributed by atoms with van der Waals surface area (Å²) < 4.78 is 44.7. The molecule has 2 aromatic carbocycles. The second-order valence-corrected chi connectivity index (χ2v) is 6.64. The van der Waals surface area contributed by atoms with Crippen LogP contribution in [-0.4, -0.2) is 22.1 Å². The minimum atomic E-state index is -3.66. The van der Waals surface area contributed by atoms with Crippen LogP contribution in [0.4, 0.5) is 10.1 Å². The molecule has 3 rings (SSSR count). The monoisotopic (exact) mass is 307 g/mol. The average Bonchev–Trinajstić information content (AvgIpc) is 2.91. The first-order valence-corrected chi connectivity index (χ1v) is 7.91. The van der Waals surface area contributed by atoms with Gasteiger partial charge >= 0.3 is 0 Å². The minimum absolute atomic E-state index is 0.0903. The molecular formula is C15H14FNO3S. The van der Waals surface area contributed by atoms with Crippen LogP contribution in [0.5, 0.6) is 5.75 Å². The Morgan fingerprint density at radius 2 is 1.86 bits per heavy atom. The van der Waals surface area contributed by atoms with E-state index in [1.807, 2.05) is 6.07 Å². The first-order chi connectivity index (χ1) is 10.0. The predicted octanol–water partition coefficient (Wildman–Crippen LogP) is 2.59. The quantitative estimate of drug-likeness (QED) is 0.875. The van der Waals surface area contributed by atoms with Crippen molar-refractivity contribution in [3.05, 3.63) is 53.8 Å². The molecule has 1 aliphatic rings. The van der Waals surface area contributed by atoms with Gasteiger partial charge in [0.25, 0.3) is 10.0 Å². The number of methoxy groups -OCH3 is 1. The van der Waals surface area contributed by atoms with E-state index in [-0.39, 0.29) is 4.90 Å². The van der Waals surface area contributed by atoms with Gasteiger partial charge in [0.05, 0.1) is 17.7 Å². The van der Waals surface area contributed by atoms with Crippen LogP contribution in [0.3, 0.4) is 0 Å². The molecule has 6 heteroatoms. The van der Waals surface area contributed by atoms with E-state index in [0.717, 1.165) is 17.7 Å². The minimum Gasteiger partial charge on any atom is -0.497 e. The van der Waals surface area contributed by atoms with Gasteiger partial charge in [-0.25, -0.2) is 12.8 Å². The van der Waals surface area contributed by atoms with E-state index in [0.29, 0.717) is 24.4 Å². The Morgan fingerprint density at radius 3 is 2.52 bits per heavy atom. The summed E-state index contributed by atoms with van der Waals surface area (Å²) in [5.41, 5.74) is 1.58. The summed E-state index contributed by atoms with van der Waals surface area (Å²) in [5, 5.41) is 0. The van der Waals surface area contributed by atoms with Gasteiger partial charge in [-0.05, 0) is 54.4 Å². The van der Waals surface area contributed by atoms with Crippen LogP contribution in [0.2, 0.25) is 0 Å². The van der Waals surface area contributed by atoms with Crippen LogP contribution >= 0.6 is 0 Å². The number of ether oxygens (including phenoxy) is 1. The molecule has 0 atom stereocenters. The van der Waals surface area contributed by atoms with Gasteiger partial charge in [0, 0.05) is 6.54 Å². The number of rotatable bonds is 3. The van der Waals surface area contributed by atoms with Crippen molar-refractivity contribution in [2.24, 2.45) is 0 Å². The summed E-state index contributed by atoms with van der Waals surface area (Å²) in [6.45, 7) is 0.377. The summed E-state index contributed by atoms with van der Waals surface area (Å²) >= 11 is 0. The Morgan fingerprint density at radius 1 is 1.14 bits per heavy atom. The SMILES string of the molecule is COc1ccc2c(c1)CCN2S(=O)(=O)c1ccc(F)cc1. The van der Waals surface area contributed by atoms with Crippen LogP contribution in [0.1, 0.15) is 5.56 Å². The van der Waals surface area contributed by atoms with Gasteiger partial charge < -0.3 is 4.74 Å². The van der Waals surface area contributed by atoms with Gasteiger partial charge in [0.2, 0.25) is 0 Å². The summed E-state index contributed by atoms with van der Waals surface area (Å²) in [7, 11) is -2.09. The largest absolute Gasteiger partial charge is 0.497 e. The number of sulfonamides is 1. The number of hydrogen-bond donors (Lipinski definition) is 0. The lowest BCUT2D eigenvalue weighted by Crippen LogP contribution is -2.29.